The minimum absolute atomic E-state index is 0.419. The normalized spacial score (nSPS) is 12.9. The molecule has 1 amide bonds. The van der Waals surface area contributed by atoms with E-state index in [9.17, 15) is 4.79 Å². The van der Waals surface area contributed by atoms with Crippen molar-refractivity contribution in [3.63, 3.8) is 0 Å². The lowest BCUT2D eigenvalue weighted by Crippen LogP contribution is -2.36. The molecule has 0 spiro atoms. The van der Waals surface area contributed by atoms with Gasteiger partial charge in [-0.3, -0.25) is 4.79 Å². The molecule has 0 heterocycles. The standard InChI is InChI=1S/C7H17N3O/c8-5-3-1-2-4-6(9)7(10)11/h6H,1-5,8-9H2,(H2,10,11)/t6-/m0/s1. The maximum atomic E-state index is 10.4. The van der Waals surface area contributed by atoms with Crippen molar-refractivity contribution in [2.24, 2.45) is 17.2 Å². The molecule has 0 saturated carbocycles. The highest BCUT2D eigenvalue weighted by Crippen LogP contribution is 2.00. The molecular weight excluding hydrogens is 142 g/mol. The Balaban J connectivity index is 3.17. The van der Waals surface area contributed by atoms with Crippen molar-refractivity contribution >= 4 is 5.91 Å². The van der Waals surface area contributed by atoms with Gasteiger partial charge in [-0.05, 0) is 19.4 Å². The molecule has 0 unspecified atom stereocenters. The van der Waals surface area contributed by atoms with Crippen molar-refractivity contribution in [3.8, 4) is 0 Å². The molecule has 0 aromatic heterocycles. The Morgan fingerprint density at radius 3 is 2.36 bits per heavy atom. The van der Waals surface area contributed by atoms with Gasteiger partial charge < -0.3 is 17.2 Å². The van der Waals surface area contributed by atoms with Gasteiger partial charge in [0.05, 0.1) is 6.04 Å². The van der Waals surface area contributed by atoms with Crippen LogP contribution < -0.4 is 17.2 Å². The molecule has 11 heavy (non-hydrogen) atoms. The van der Waals surface area contributed by atoms with Crippen molar-refractivity contribution in [3.05, 3.63) is 0 Å². The first-order chi connectivity index (χ1) is 5.18. The largest absolute Gasteiger partial charge is 0.368 e. The molecule has 4 nitrogen and oxygen atoms in total. The van der Waals surface area contributed by atoms with Crippen LogP contribution in [0, 0.1) is 0 Å². The van der Waals surface area contributed by atoms with E-state index >= 15 is 0 Å². The fraction of sp³-hybridized carbons (Fsp3) is 0.857. The van der Waals surface area contributed by atoms with E-state index in [0.717, 1.165) is 19.3 Å². The SMILES string of the molecule is NCCCCC[C@H](N)C(N)=O. The van der Waals surface area contributed by atoms with Gasteiger partial charge in [-0.15, -0.1) is 0 Å². The van der Waals surface area contributed by atoms with Crippen LogP contribution >= 0.6 is 0 Å². The fourth-order valence-electron chi connectivity index (χ4n) is 0.828. The second kappa shape index (κ2) is 6.12. The van der Waals surface area contributed by atoms with Gasteiger partial charge in [0.25, 0.3) is 0 Å². The highest BCUT2D eigenvalue weighted by Gasteiger charge is 2.06. The van der Waals surface area contributed by atoms with Crippen LogP contribution in [0.15, 0.2) is 0 Å². The number of amides is 1. The molecule has 66 valence electrons. The van der Waals surface area contributed by atoms with E-state index in [2.05, 4.69) is 0 Å². The minimum atomic E-state index is -0.479. The van der Waals surface area contributed by atoms with Crippen molar-refractivity contribution in [2.75, 3.05) is 6.54 Å². The van der Waals surface area contributed by atoms with Gasteiger partial charge in [-0.1, -0.05) is 12.8 Å². The number of carbonyl (C=O) groups is 1. The van der Waals surface area contributed by atoms with Crippen LogP contribution in [-0.2, 0) is 4.79 Å². The van der Waals surface area contributed by atoms with Crippen molar-refractivity contribution < 1.29 is 4.79 Å². The Labute approximate surface area is 67.1 Å². The van der Waals surface area contributed by atoms with Crippen LogP contribution in [0.2, 0.25) is 0 Å². The summed E-state index contributed by atoms with van der Waals surface area (Å²) < 4.78 is 0. The van der Waals surface area contributed by atoms with Crippen LogP contribution in [-0.4, -0.2) is 18.5 Å². The number of nitrogens with two attached hydrogens (primary N) is 3. The predicted molar refractivity (Wildman–Crippen MR) is 44.7 cm³/mol. The first kappa shape index (κ1) is 10.4. The van der Waals surface area contributed by atoms with Crippen molar-refractivity contribution in [2.45, 2.75) is 31.7 Å². The molecule has 0 aromatic carbocycles. The second-order valence-corrected chi connectivity index (χ2v) is 2.65. The van der Waals surface area contributed by atoms with Crippen LogP contribution in [0.1, 0.15) is 25.7 Å². The van der Waals surface area contributed by atoms with Crippen LogP contribution in [0.5, 0.6) is 0 Å². The highest BCUT2D eigenvalue weighted by atomic mass is 16.1. The van der Waals surface area contributed by atoms with E-state index in [1.165, 1.54) is 0 Å². The van der Waals surface area contributed by atoms with Crippen molar-refractivity contribution in [1.29, 1.82) is 0 Å². The average Bonchev–Trinajstić information content (AvgIpc) is 1.97. The summed E-state index contributed by atoms with van der Waals surface area (Å²) in [7, 11) is 0. The Kier molecular flexibility index (Phi) is 5.78. The Morgan fingerprint density at radius 2 is 1.91 bits per heavy atom. The topological polar surface area (TPSA) is 95.1 Å². The number of rotatable bonds is 6. The summed E-state index contributed by atoms with van der Waals surface area (Å²) in [6.45, 7) is 0.700. The smallest absolute Gasteiger partial charge is 0.234 e. The first-order valence-electron chi connectivity index (χ1n) is 3.93. The first-order valence-corrected chi connectivity index (χ1v) is 3.93. The van der Waals surface area contributed by atoms with Gasteiger partial charge in [0.1, 0.15) is 0 Å². The van der Waals surface area contributed by atoms with Gasteiger partial charge in [0, 0.05) is 0 Å². The molecule has 0 radical (unpaired) electrons. The summed E-state index contributed by atoms with van der Waals surface area (Å²) >= 11 is 0. The van der Waals surface area contributed by atoms with Gasteiger partial charge in [0.15, 0.2) is 0 Å². The van der Waals surface area contributed by atoms with Gasteiger partial charge in [-0.2, -0.15) is 0 Å². The Morgan fingerprint density at radius 1 is 1.27 bits per heavy atom. The molecular formula is C7H17N3O. The van der Waals surface area contributed by atoms with E-state index in [1.807, 2.05) is 0 Å². The van der Waals surface area contributed by atoms with Crippen LogP contribution in [0.4, 0.5) is 0 Å². The van der Waals surface area contributed by atoms with E-state index in [4.69, 9.17) is 17.2 Å². The summed E-state index contributed by atoms with van der Waals surface area (Å²) in [5, 5.41) is 0. The van der Waals surface area contributed by atoms with E-state index in [1.54, 1.807) is 0 Å². The van der Waals surface area contributed by atoms with Crippen LogP contribution in [0.25, 0.3) is 0 Å². The molecule has 6 N–H and O–H groups in total. The molecule has 0 aliphatic carbocycles. The lowest BCUT2D eigenvalue weighted by Gasteiger charge is -2.05. The summed E-state index contributed by atoms with van der Waals surface area (Å²) in [4.78, 5) is 10.4. The summed E-state index contributed by atoms with van der Waals surface area (Å²) in [5.41, 5.74) is 15.6. The molecule has 0 bridgehead atoms. The minimum Gasteiger partial charge on any atom is -0.368 e. The molecule has 0 rings (SSSR count). The zero-order valence-electron chi connectivity index (χ0n) is 6.75. The third-order valence-electron chi connectivity index (χ3n) is 1.58. The maximum Gasteiger partial charge on any atom is 0.234 e. The zero-order valence-corrected chi connectivity index (χ0v) is 6.75. The predicted octanol–water partition coefficient (Wildman–Crippen LogP) is -0.682. The number of carbonyl (C=O) groups excluding carboxylic acids is 1. The molecule has 0 aliphatic heterocycles. The monoisotopic (exact) mass is 159 g/mol. The van der Waals surface area contributed by atoms with Gasteiger partial charge in [0.2, 0.25) is 5.91 Å². The van der Waals surface area contributed by atoms with E-state index in [-0.39, 0.29) is 0 Å². The molecule has 4 heteroatoms. The Bertz CT molecular complexity index is 116. The molecule has 0 fully saturated rings. The third kappa shape index (κ3) is 5.82. The third-order valence-corrected chi connectivity index (χ3v) is 1.58. The number of hydrogen-bond acceptors (Lipinski definition) is 3. The number of primary amides is 1. The van der Waals surface area contributed by atoms with Gasteiger partial charge in [-0.25, -0.2) is 0 Å². The number of unbranched alkanes of at least 4 members (excludes halogenated alkanes) is 2. The Hall–Kier alpha value is -0.610. The maximum absolute atomic E-state index is 10.4. The molecule has 0 aromatic rings. The zero-order chi connectivity index (χ0) is 8.69. The summed E-state index contributed by atoms with van der Waals surface area (Å²) in [5.74, 6) is -0.419. The quantitative estimate of drug-likeness (QED) is 0.448. The molecule has 0 saturated heterocycles. The second-order valence-electron chi connectivity index (χ2n) is 2.65. The summed E-state index contributed by atoms with van der Waals surface area (Å²) in [6.07, 6.45) is 3.62. The lowest BCUT2D eigenvalue weighted by atomic mass is 10.1. The molecule has 0 aliphatic rings. The lowest BCUT2D eigenvalue weighted by molar-refractivity contribution is -0.119. The van der Waals surface area contributed by atoms with E-state index < -0.39 is 11.9 Å². The van der Waals surface area contributed by atoms with Crippen LogP contribution in [0.3, 0.4) is 0 Å². The highest BCUT2D eigenvalue weighted by molar-refractivity contribution is 5.79. The number of hydrogen-bond donors (Lipinski definition) is 3. The fourth-order valence-corrected chi connectivity index (χ4v) is 0.828. The van der Waals surface area contributed by atoms with E-state index in [0.29, 0.717) is 13.0 Å². The average molecular weight is 159 g/mol. The molecule has 1 atom stereocenters. The van der Waals surface area contributed by atoms with Gasteiger partial charge >= 0.3 is 0 Å². The summed E-state index contributed by atoms with van der Waals surface area (Å²) in [6, 6.07) is -0.479. The van der Waals surface area contributed by atoms with Crippen molar-refractivity contribution in [1.82, 2.24) is 0 Å².